The molecule has 0 saturated heterocycles. The van der Waals surface area contributed by atoms with Crippen molar-refractivity contribution < 1.29 is 9.32 Å². The second kappa shape index (κ2) is 8.71. The first-order valence-electron chi connectivity index (χ1n) is 9.30. The third kappa shape index (κ3) is 4.67. The van der Waals surface area contributed by atoms with Gasteiger partial charge in [0.1, 0.15) is 0 Å². The Morgan fingerprint density at radius 1 is 1.31 bits per heavy atom. The number of benzene rings is 1. The summed E-state index contributed by atoms with van der Waals surface area (Å²) in [5, 5.41) is 7.25. The molecule has 0 unspecified atom stereocenters. The number of aryl methyl sites for hydroxylation is 1. The van der Waals surface area contributed by atoms with Crippen molar-refractivity contribution in [3.8, 4) is 11.4 Å². The molecule has 1 aromatic carbocycles. The second-order valence-electron chi connectivity index (χ2n) is 7.26. The zero-order chi connectivity index (χ0) is 18.5. The van der Waals surface area contributed by atoms with Crippen molar-refractivity contribution in [2.75, 3.05) is 5.75 Å². The quantitative estimate of drug-likeness (QED) is 0.821. The van der Waals surface area contributed by atoms with Crippen molar-refractivity contribution in [3.05, 3.63) is 35.7 Å². The minimum atomic E-state index is 0.0968. The van der Waals surface area contributed by atoms with Crippen molar-refractivity contribution in [2.24, 2.45) is 11.8 Å². The monoisotopic (exact) mass is 373 g/mol. The molecule has 1 heterocycles. The molecule has 1 aromatic heterocycles. The highest BCUT2D eigenvalue weighted by Crippen LogP contribution is 2.29. The highest BCUT2D eigenvalue weighted by molar-refractivity contribution is 7.99. The van der Waals surface area contributed by atoms with E-state index in [1.807, 2.05) is 31.2 Å². The molecule has 1 saturated carbocycles. The van der Waals surface area contributed by atoms with E-state index in [1.165, 1.54) is 24.6 Å². The van der Waals surface area contributed by atoms with Crippen LogP contribution in [0.25, 0.3) is 11.4 Å². The predicted molar refractivity (Wildman–Crippen MR) is 105 cm³/mol. The maximum absolute atomic E-state index is 12.2. The van der Waals surface area contributed by atoms with Crippen LogP contribution in [0, 0.1) is 18.8 Å². The van der Waals surface area contributed by atoms with Gasteiger partial charge in [-0.2, -0.15) is 4.98 Å². The molecule has 0 spiro atoms. The molecule has 0 aliphatic heterocycles. The minimum absolute atomic E-state index is 0.0968. The molecule has 1 fully saturated rings. The van der Waals surface area contributed by atoms with Gasteiger partial charge in [0.2, 0.25) is 17.6 Å². The van der Waals surface area contributed by atoms with Gasteiger partial charge in [-0.05, 0) is 30.7 Å². The van der Waals surface area contributed by atoms with E-state index >= 15 is 0 Å². The number of nitrogens with one attached hydrogen (secondary N) is 1. The van der Waals surface area contributed by atoms with Crippen molar-refractivity contribution in [2.45, 2.75) is 51.8 Å². The Hall–Kier alpha value is -1.82. The number of rotatable bonds is 6. The van der Waals surface area contributed by atoms with Gasteiger partial charge in [-0.15, -0.1) is 11.8 Å². The molecule has 1 amide bonds. The number of thioether (sulfide) groups is 1. The fourth-order valence-electron chi connectivity index (χ4n) is 3.51. The molecule has 3 rings (SSSR count). The Kier molecular flexibility index (Phi) is 6.35. The zero-order valence-corrected chi connectivity index (χ0v) is 16.5. The van der Waals surface area contributed by atoms with E-state index in [1.54, 1.807) is 0 Å². The molecule has 2 aromatic rings. The van der Waals surface area contributed by atoms with Crippen LogP contribution in [0.5, 0.6) is 0 Å². The van der Waals surface area contributed by atoms with Crippen molar-refractivity contribution in [3.63, 3.8) is 0 Å². The topological polar surface area (TPSA) is 68.0 Å². The van der Waals surface area contributed by atoms with Crippen LogP contribution in [0.15, 0.2) is 28.8 Å². The summed E-state index contributed by atoms with van der Waals surface area (Å²) in [5.41, 5.74) is 2.09. The lowest BCUT2D eigenvalue weighted by Gasteiger charge is -2.34. The maximum Gasteiger partial charge on any atom is 0.236 e. The summed E-state index contributed by atoms with van der Waals surface area (Å²) in [5.74, 6) is 3.45. The third-order valence-corrected chi connectivity index (χ3v) is 6.28. The van der Waals surface area contributed by atoms with Gasteiger partial charge in [-0.1, -0.05) is 56.1 Å². The summed E-state index contributed by atoms with van der Waals surface area (Å²) >= 11 is 1.51. The normalized spacial score (nSPS) is 23.0. The molecule has 6 heteroatoms. The Balaban J connectivity index is 1.46. The van der Waals surface area contributed by atoms with Gasteiger partial charge in [0, 0.05) is 11.6 Å². The minimum Gasteiger partial charge on any atom is -0.352 e. The van der Waals surface area contributed by atoms with Crippen LogP contribution < -0.4 is 5.32 Å². The molecular weight excluding hydrogens is 346 g/mol. The van der Waals surface area contributed by atoms with Crippen LogP contribution in [0.4, 0.5) is 0 Å². The van der Waals surface area contributed by atoms with Crippen LogP contribution in [0.3, 0.4) is 0 Å². The lowest BCUT2D eigenvalue weighted by Crippen LogP contribution is -2.44. The molecule has 3 atom stereocenters. The van der Waals surface area contributed by atoms with Crippen LogP contribution in [-0.2, 0) is 10.5 Å². The summed E-state index contributed by atoms with van der Waals surface area (Å²) in [6.45, 7) is 6.55. The van der Waals surface area contributed by atoms with Crippen molar-refractivity contribution >= 4 is 17.7 Å². The molecule has 1 aliphatic carbocycles. The Morgan fingerprint density at radius 2 is 2.12 bits per heavy atom. The predicted octanol–water partition coefficient (Wildman–Crippen LogP) is 4.22. The Bertz CT molecular complexity index is 746. The van der Waals surface area contributed by atoms with Crippen LogP contribution in [0.2, 0.25) is 0 Å². The Labute approximate surface area is 159 Å². The SMILES string of the molecule is Cc1ccccc1-c1noc(CSCC(=O)N[C@H]2CCC[C@@H](C)[C@@H]2C)n1. The number of carbonyl (C=O) groups excluding carboxylic acids is 1. The molecule has 1 N–H and O–H groups in total. The van der Waals surface area contributed by atoms with E-state index < -0.39 is 0 Å². The average molecular weight is 374 g/mol. The van der Waals surface area contributed by atoms with E-state index in [0.717, 1.165) is 17.5 Å². The summed E-state index contributed by atoms with van der Waals surface area (Å²) in [6.07, 6.45) is 3.56. The number of amides is 1. The fraction of sp³-hybridized carbons (Fsp3) is 0.550. The molecule has 26 heavy (non-hydrogen) atoms. The molecule has 0 radical (unpaired) electrons. The van der Waals surface area contributed by atoms with Crippen LogP contribution in [-0.4, -0.2) is 27.8 Å². The van der Waals surface area contributed by atoms with Gasteiger partial charge in [0.15, 0.2) is 0 Å². The first-order valence-corrected chi connectivity index (χ1v) is 10.5. The van der Waals surface area contributed by atoms with Crippen molar-refractivity contribution in [1.82, 2.24) is 15.5 Å². The highest BCUT2D eigenvalue weighted by Gasteiger charge is 2.28. The highest BCUT2D eigenvalue weighted by atomic mass is 32.2. The number of hydrogen-bond donors (Lipinski definition) is 1. The standard InChI is InChI=1S/C20H27N3O2S/c1-13-8-6-10-17(15(13)3)21-18(24)11-26-12-19-22-20(23-25-19)16-9-5-4-7-14(16)2/h4-5,7,9,13,15,17H,6,8,10-12H2,1-3H3,(H,21,24)/t13-,15+,17+/m1/s1. The van der Waals surface area contributed by atoms with Crippen molar-refractivity contribution in [1.29, 1.82) is 0 Å². The van der Waals surface area contributed by atoms with Gasteiger partial charge in [0.25, 0.3) is 0 Å². The maximum atomic E-state index is 12.2. The van der Waals surface area contributed by atoms with E-state index in [0.29, 0.717) is 41.1 Å². The first-order chi connectivity index (χ1) is 12.5. The molecule has 0 bridgehead atoms. The molecule has 5 nitrogen and oxygen atoms in total. The zero-order valence-electron chi connectivity index (χ0n) is 15.7. The lowest BCUT2D eigenvalue weighted by atomic mass is 9.78. The number of hydrogen-bond acceptors (Lipinski definition) is 5. The van der Waals surface area contributed by atoms with Gasteiger partial charge < -0.3 is 9.84 Å². The lowest BCUT2D eigenvalue weighted by molar-refractivity contribution is -0.119. The van der Waals surface area contributed by atoms with Gasteiger partial charge in [0.05, 0.1) is 11.5 Å². The number of nitrogens with zero attached hydrogens (tertiary/aromatic N) is 2. The average Bonchev–Trinajstić information content (AvgIpc) is 3.08. The van der Waals surface area contributed by atoms with Gasteiger partial charge >= 0.3 is 0 Å². The third-order valence-electron chi connectivity index (χ3n) is 5.37. The van der Waals surface area contributed by atoms with E-state index in [-0.39, 0.29) is 5.91 Å². The molecule has 1 aliphatic rings. The summed E-state index contributed by atoms with van der Waals surface area (Å²) in [6, 6.07) is 8.27. The fourth-order valence-corrected chi connectivity index (χ4v) is 4.17. The largest absolute Gasteiger partial charge is 0.352 e. The summed E-state index contributed by atoms with van der Waals surface area (Å²) in [4.78, 5) is 16.7. The first kappa shape index (κ1) is 19.0. The molecule has 140 valence electrons. The summed E-state index contributed by atoms with van der Waals surface area (Å²) in [7, 11) is 0. The number of aromatic nitrogens is 2. The van der Waals surface area contributed by atoms with E-state index in [9.17, 15) is 4.79 Å². The van der Waals surface area contributed by atoms with Gasteiger partial charge in [-0.25, -0.2) is 0 Å². The van der Waals surface area contributed by atoms with E-state index in [4.69, 9.17) is 4.52 Å². The van der Waals surface area contributed by atoms with Gasteiger partial charge in [-0.3, -0.25) is 4.79 Å². The second-order valence-corrected chi connectivity index (χ2v) is 8.25. The molecular formula is C20H27N3O2S. The van der Waals surface area contributed by atoms with Crippen LogP contribution >= 0.6 is 11.8 Å². The number of carbonyl (C=O) groups is 1. The Morgan fingerprint density at radius 3 is 2.92 bits per heavy atom. The summed E-state index contributed by atoms with van der Waals surface area (Å²) < 4.78 is 5.32. The smallest absolute Gasteiger partial charge is 0.236 e. The van der Waals surface area contributed by atoms with E-state index in [2.05, 4.69) is 29.3 Å². The van der Waals surface area contributed by atoms with Crippen LogP contribution in [0.1, 0.15) is 44.6 Å².